The van der Waals surface area contributed by atoms with E-state index in [9.17, 15) is 23.3 Å². The molecule has 17 heavy (non-hydrogen) atoms. The molecular weight excluding hydrogens is 241 g/mol. The van der Waals surface area contributed by atoms with Crippen molar-refractivity contribution in [2.75, 3.05) is 12.1 Å². The average Bonchev–Trinajstić information content (AvgIpc) is 2.24. The highest BCUT2D eigenvalue weighted by Gasteiger charge is 2.33. The molecule has 1 aromatic rings. The zero-order valence-corrected chi connectivity index (χ0v) is 8.75. The van der Waals surface area contributed by atoms with Crippen LogP contribution in [0.1, 0.15) is 12.5 Å². The normalized spacial score (nSPS) is 11.3. The van der Waals surface area contributed by atoms with Gasteiger partial charge < -0.3 is 0 Å². The number of nitro benzene ring substituents is 1. The molecule has 1 rings (SSSR count). The van der Waals surface area contributed by atoms with Crippen LogP contribution in [-0.2, 0) is 11.0 Å². The van der Waals surface area contributed by atoms with Crippen LogP contribution in [0.2, 0.25) is 0 Å². The largest absolute Gasteiger partial charge is 0.416 e. The van der Waals surface area contributed by atoms with Gasteiger partial charge in [-0.15, -0.1) is 0 Å². The van der Waals surface area contributed by atoms with Gasteiger partial charge in [-0.2, -0.15) is 13.2 Å². The van der Waals surface area contributed by atoms with E-state index < -0.39 is 22.4 Å². The molecule has 0 radical (unpaired) electrons. The molecule has 94 valence electrons. The number of nitrogens with one attached hydrogen (secondary N) is 1. The number of hydrogen-bond donors (Lipinski definition) is 1. The standard InChI is InChI=1S/C9H9F3N2O3/c1-2-17-13-7-4-3-6(9(10,11)12)5-8(7)14(15)16/h3-5,13H,2H2,1H3. The Morgan fingerprint density at radius 3 is 2.59 bits per heavy atom. The molecule has 0 saturated carbocycles. The van der Waals surface area contributed by atoms with Crippen LogP contribution >= 0.6 is 0 Å². The highest BCUT2D eigenvalue weighted by Crippen LogP contribution is 2.34. The first kappa shape index (κ1) is 13.2. The van der Waals surface area contributed by atoms with Crippen LogP contribution < -0.4 is 5.48 Å². The summed E-state index contributed by atoms with van der Waals surface area (Å²) in [5.74, 6) is 0. The lowest BCUT2D eigenvalue weighted by Crippen LogP contribution is -2.08. The van der Waals surface area contributed by atoms with Gasteiger partial charge in [0.15, 0.2) is 0 Å². The lowest BCUT2D eigenvalue weighted by molar-refractivity contribution is -0.384. The SMILES string of the molecule is CCONc1ccc(C(F)(F)F)cc1[N+](=O)[O-]. The maximum Gasteiger partial charge on any atom is 0.416 e. The summed E-state index contributed by atoms with van der Waals surface area (Å²) in [6.07, 6.45) is -4.62. The van der Waals surface area contributed by atoms with Crippen molar-refractivity contribution in [3.63, 3.8) is 0 Å². The molecule has 0 atom stereocenters. The van der Waals surface area contributed by atoms with E-state index in [1.807, 2.05) is 0 Å². The van der Waals surface area contributed by atoms with Crippen molar-refractivity contribution in [1.82, 2.24) is 0 Å². The molecule has 5 nitrogen and oxygen atoms in total. The van der Waals surface area contributed by atoms with Crippen molar-refractivity contribution in [1.29, 1.82) is 0 Å². The number of nitrogens with zero attached hydrogens (tertiary/aromatic N) is 1. The van der Waals surface area contributed by atoms with E-state index in [1.54, 1.807) is 6.92 Å². The Bertz CT molecular complexity index is 420. The quantitative estimate of drug-likeness (QED) is 0.659. The van der Waals surface area contributed by atoms with Crippen LogP contribution in [0.3, 0.4) is 0 Å². The first-order valence-electron chi connectivity index (χ1n) is 4.59. The highest BCUT2D eigenvalue weighted by atomic mass is 19.4. The van der Waals surface area contributed by atoms with E-state index in [4.69, 9.17) is 4.84 Å². The molecule has 0 bridgehead atoms. The number of nitro groups is 1. The summed E-state index contributed by atoms with van der Waals surface area (Å²) in [7, 11) is 0. The van der Waals surface area contributed by atoms with Gasteiger partial charge in [-0.1, -0.05) is 0 Å². The molecule has 0 aliphatic rings. The molecule has 0 aromatic heterocycles. The Hall–Kier alpha value is -1.83. The zero-order valence-electron chi connectivity index (χ0n) is 8.75. The Morgan fingerprint density at radius 2 is 2.12 bits per heavy atom. The second-order valence-electron chi connectivity index (χ2n) is 3.02. The summed E-state index contributed by atoms with van der Waals surface area (Å²) in [6.45, 7) is 1.85. The number of halogens is 3. The van der Waals surface area contributed by atoms with Crippen LogP contribution in [0.15, 0.2) is 18.2 Å². The number of rotatable bonds is 4. The van der Waals surface area contributed by atoms with E-state index in [2.05, 4.69) is 5.48 Å². The van der Waals surface area contributed by atoms with Crippen LogP contribution in [0.5, 0.6) is 0 Å². The minimum absolute atomic E-state index is 0.121. The molecule has 0 aliphatic carbocycles. The van der Waals surface area contributed by atoms with Crippen LogP contribution in [0, 0.1) is 10.1 Å². The molecule has 0 unspecified atom stereocenters. The fourth-order valence-electron chi connectivity index (χ4n) is 1.10. The first-order valence-corrected chi connectivity index (χ1v) is 4.59. The monoisotopic (exact) mass is 250 g/mol. The van der Waals surface area contributed by atoms with Crippen molar-refractivity contribution in [3.05, 3.63) is 33.9 Å². The molecule has 0 fully saturated rings. The molecule has 0 saturated heterocycles. The Kier molecular flexibility index (Phi) is 3.89. The third kappa shape index (κ3) is 3.31. The Labute approximate surface area is 94.3 Å². The molecule has 0 spiro atoms. The third-order valence-corrected chi connectivity index (χ3v) is 1.85. The smallest absolute Gasteiger partial charge is 0.276 e. The van der Waals surface area contributed by atoms with Crippen molar-refractivity contribution in [2.45, 2.75) is 13.1 Å². The number of anilines is 1. The number of alkyl halides is 3. The first-order chi connectivity index (χ1) is 7.86. The molecular formula is C9H9F3N2O3. The Balaban J connectivity index is 3.13. The summed E-state index contributed by atoms with van der Waals surface area (Å²) < 4.78 is 37.0. The van der Waals surface area contributed by atoms with Gasteiger partial charge in [-0.05, 0) is 19.1 Å². The Morgan fingerprint density at radius 1 is 1.47 bits per heavy atom. The second kappa shape index (κ2) is 5.00. The van der Waals surface area contributed by atoms with Gasteiger partial charge in [-0.3, -0.25) is 20.4 Å². The van der Waals surface area contributed by atoms with Crippen molar-refractivity contribution in [3.8, 4) is 0 Å². The predicted molar refractivity (Wildman–Crippen MR) is 53.3 cm³/mol. The number of benzene rings is 1. The maximum absolute atomic E-state index is 12.3. The minimum atomic E-state index is -4.62. The van der Waals surface area contributed by atoms with Crippen molar-refractivity contribution in [2.24, 2.45) is 0 Å². The van der Waals surface area contributed by atoms with Crippen LogP contribution in [0.25, 0.3) is 0 Å². The third-order valence-electron chi connectivity index (χ3n) is 1.85. The predicted octanol–water partition coefficient (Wildman–Crippen LogP) is 2.98. The summed E-state index contributed by atoms with van der Waals surface area (Å²) in [6, 6.07) is 2.16. The van der Waals surface area contributed by atoms with Crippen molar-refractivity contribution >= 4 is 11.4 Å². The van der Waals surface area contributed by atoms with E-state index in [-0.39, 0.29) is 12.3 Å². The molecule has 0 aliphatic heterocycles. The van der Waals surface area contributed by atoms with Gasteiger partial charge in [0.2, 0.25) is 0 Å². The van der Waals surface area contributed by atoms with E-state index in [0.717, 1.165) is 12.1 Å². The zero-order chi connectivity index (χ0) is 13.1. The minimum Gasteiger partial charge on any atom is -0.276 e. The van der Waals surface area contributed by atoms with Gasteiger partial charge in [-0.25, -0.2) is 0 Å². The lowest BCUT2D eigenvalue weighted by atomic mass is 10.1. The average molecular weight is 250 g/mol. The molecule has 1 aromatic carbocycles. The fourth-order valence-corrected chi connectivity index (χ4v) is 1.10. The fraction of sp³-hybridized carbons (Fsp3) is 0.333. The lowest BCUT2D eigenvalue weighted by Gasteiger charge is -2.09. The topological polar surface area (TPSA) is 64.4 Å². The van der Waals surface area contributed by atoms with Gasteiger partial charge in [0.05, 0.1) is 17.1 Å². The number of hydrogen-bond acceptors (Lipinski definition) is 4. The molecule has 0 amide bonds. The summed E-state index contributed by atoms with van der Waals surface area (Å²) in [4.78, 5) is 14.4. The molecule has 0 heterocycles. The van der Waals surface area contributed by atoms with E-state index >= 15 is 0 Å². The van der Waals surface area contributed by atoms with E-state index in [0.29, 0.717) is 6.07 Å². The van der Waals surface area contributed by atoms with Gasteiger partial charge in [0.25, 0.3) is 5.69 Å². The van der Waals surface area contributed by atoms with Gasteiger partial charge in [0.1, 0.15) is 5.69 Å². The van der Waals surface area contributed by atoms with Crippen molar-refractivity contribution < 1.29 is 22.9 Å². The molecule has 8 heteroatoms. The summed E-state index contributed by atoms with van der Waals surface area (Å²) in [5.41, 5.74) is 0.329. The van der Waals surface area contributed by atoms with Crippen LogP contribution in [-0.4, -0.2) is 11.5 Å². The summed E-state index contributed by atoms with van der Waals surface area (Å²) in [5, 5.41) is 10.6. The molecule has 1 N–H and O–H groups in total. The highest BCUT2D eigenvalue weighted by molar-refractivity contribution is 5.61. The van der Waals surface area contributed by atoms with Crippen LogP contribution in [0.4, 0.5) is 24.5 Å². The van der Waals surface area contributed by atoms with E-state index in [1.165, 1.54) is 0 Å². The van der Waals surface area contributed by atoms with Gasteiger partial charge >= 0.3 is 6.18 Å². The second-order valence-corrected chi connectivity index (χ2v) is 3.02. The van der Waals surface area contributed by atoms with Gasteiger partial charge in [0, 0.05) is 6.07 Å². The summed E-state index contributed by atoms with van der Waals surface area (Å²) >= 11 is 0. The maximum atomic E-state index is 12.3.